The van der Waals surface area contributed by atoms with E-state index in [0.29, 0.717) is 11.6 Å². The molecular weight excluding hydrogens is 294 g/mol. The number of nitrogens with zero attached hydrogens (tertiary/aromatic N) is 4. The molecule has 0 amide bonds. The van der Waals surface area contributed by atoms with Gasteiger partial charge < -0.3 is 10.1 Å². The van der Waals surface area contributed by atoms with E-state index in [4.69, 9.17) is 0 Å². The number of hydrogen-bond donors (Lipinski definition) is 1. The van der Waals surface area contributed by atoms with Gasteiger partial charge in [-0.3, -0.25) is 9.48 Å². The summed E-state index contributed by atoms with van der Waals surface area (Å²) in [6, 6.07) is 11.5. The molecule has 1 aromatic carbocycles. The SMILES string of the molecule is COC(=O)Cn1cc(Nc2ccnc(-c3ccccc3)n2)cn1. The molecule has 0 bridgehead atoms. The van der Waals surface area contributed by atoms with Crippen molar-refractivity contribution in [1.82, 2.24) is 19.7 Å². The second-order valence-corrected chi connectivity index (χ2v) is 4.76. The third-order valence-electron chi connectivity index (χ3n) is 3.11. The molecule has 1 N–H and O–H groups in total. The summed E-state index contributed by atoms with van der Waals surface area (Å²) in [7, 11) is 1.34. The van der Waals surface area contributed by atoms with Gasteiger partial charge >= 0.3 is 5.97 Å². The minimum absolute atomic E-state index is 0.0667. The van der Waals surface area contributed by atoms with Gasteiger partial charge in [0, 0.05) is 18.0 Å². The monoisotopic (exact) mass is 309 g/mol. The Kier molecular flexibility index (Phi) is 4.28. The molecule has 0 spiro atoms. The van der Waals surface area contributed by atoms with Crippen molar-refractivity contribution in [3.05, 3.63) is 55.0 Å². The number of carbonyl (C=O) groups is 1. The normalized spacial score (nSPS) is 10.3. The molecule has 0 aliphatic carbocycles. The van der Waals surface area contributed by atoms with E-state index in [0.717, 1.165) is 11.3 Å². The number of carbonyl (C=O) groups excluding carboxylic acids is 1. The molecule has 0 saturated carbocycles. The highest BCUT2D eigenvalue weighted by atomic mass is 16.5. The molecule has 0 atom stereocenters. The number of anilines is 2. The summed E-state index contributed by atoms with van der Waals surface area (Å²) in [6.07, 6.45) is 5.02. The largest absolute Gasteiger partial charge is 0.468 e. The second kappa shape index (κ2) is 6.69. The van der Waals surface area contributed by atoms with Gasteiger partial charge in [-0.1, -0.05) is 30.3 Å². The second-order valence-electron chi connectivity index (χ2n) is 4.76. The van der Waals surface area contributed by atoms with E-state index < -0.39 is 0 Å². The summed E-state index contributed by atoms with van der Waals surface area (Å²) in [5.74, 6) is 0.932. The number of benzene rings is 1. The number of hydrogen-bond acceptors (Lipinski definition) is 6. The molecule has 3 rings (SSSR count). The Morgan fingerprint density at radius 2 is 2.09 bits per heavy atom. The predicted molar refractivity (Wildman–Crippen MR) is 85.0 cm³/mol. The van der Waals surface area contributed by atoms with Gasteiger partial charge in [-0.2, -0.15) is 5.10 Å². The van der Waals surface area contributed by atoms with E-state index in [1.807, 2.05) is 30.3 Å². The average molecular weight is 309 g/mol. The molecule has 3 aromatic rings. The summed E-state index contributed by atoms with van der Waals surface area (Å²) in [4.78, 5) is 20.0. The van der Waals surface area contributed by atoms with Crippen LogP contribution in [0, 0.1) is 0 Å². The van der Waals surface area contributed by atoms with Crippen LogP contribution in [0.1, 0.15) is 0 Å². The Balaban J connectivity index is 1.75. The van der Waals surface area contributed by atoms with Crippen LogP contribution in [0.2, 0.25) is 0 Å². The lowest BCUT2D eigenvalue weighted by atomic mass is 10.2. The lowest BCUT2D eigenvalue weighted by Gasteiger charge is -2.05. The molecule has 2 aromatic heterocycles. The van der Waals surface area contributed by atoms with Gasteiger partial charge in [0.05, 0.1) is 19.0 Å². The first-order valence-corrected chi connectivity index (χ1v) is 6.99. The molecule has 0 unspecified atom stereocenters. The Hall–Kier alpha value is -3.22. The smallest absolute Gasteiger partial charge is 0.327 e. The van der Waals surface area contributed by atoms with Crippen molar-refractivity contribution in [3.63, 3.8) is 0 Å². The van der Waals surface area contributed by atoms with Gasteiger partial charge in [0.25, 0.3) is 0 Å². The van der Waals surface area contributed by atoms with Gasteiger partial charge in [-0.15, -0.1) is 0 Å². The molecule has 0 fully saturated rings. The number of rotatable bonds is 5. The summed E-state index contributed by atoms with van der Waals surface area (Å²) in [5.41, 5.74) is 1.67. The van der Waals surface area contributed by atoms with E-state index in [2.05, 4.69) is 25.1 Å². The zero-order valence-electron chi connectivity index (χ0n) is 12.5. The molecule has 7 nitrogen and oxygen atoms in total. The summed E-state index contributed by atoms with van der Waals surface area (Å²) in [6.45, 7) is 0.0667. The molecule has 0 radical (unpaired) electrons. The van der Waals surface area contributed by atoms with Crippen LogP contribution in [0.15, 0.2) is 55.0 Å². The highest BCUT2D eigenvalue weighted by Crippen LogP contribution is 2.18. The molecular formula is C16H15N5O2. The zero-order chi connectivity index (χ0) is 16.1. The van der Waals surface area contributed by atoms with Crippen LogP contribution in [0.5, 0.6) is 0 Å². The topological polar surface area (TPSA) is 81.9 Å². The third-order valence-corrected chi connectivity index (χ3v) is 3.11. The van der Waals surface area contributed by atoms with Crippen molar-refractivity contribution in [2.24, 2.45) is 0 Å². The quantitative estimate of drug-likeness (QED) is 0.728. The van der Waals surface area contributed by atoms with Crippen molar-refractivity contribution in [2.75, 3.05) is 12.4 Å². The van der Waals surface area contributed by atoms with Crippen molar-refractivity contribution < 1.29 is 9.53 Å². The number of methoxy groups -OCH3 is 1. The maximum absolute atomic E-state index is 11.2. The Bertz CT molecular complexity index is 801. The van der Waals surface area contributed by atoms with E-state index in [1.165, 1.54) is 11.8 Å². The fourth-order valence-electron chi connectivity index (χ4n) is 2.01. The zero-order valence-corrected chi connectivity index (χ0v) is 12.5. The van der Waals surface area contributed by atoms with Crippen molar-refractivity contribution in [1.29, 1.82) is 0 Å². The Labute approximate surface area is 133 Å². The molecule has 7 heteroatoms. The minimum Gasteiger partial charge on any atom is -0.468 e. The van der Waals surface area contributed by atoms with Crippen LogP contribution in [-0.2, 0) is 16.1 Å². The minimum atomic E-state index is -0.354. The van der Waals surface area contributed by atoms with Gasteiger partial charge in [0.2, 0.25) is 0 Å². The van der Waals surface area contributed by atoms with Crippen molar-refractivity contribution in [3.8, 4) is 11.4 Å². The van der Waals surface area contributed by atoms with E-state index in [9.17, 15) is 4.79 Å². The molecule has 0 aliphatic rings. The summed E-state index contributed by atoms with van der Waals surface area (Å²) >= 11 is 0. The van der Waals surface area contributed by atoms with Crippen LogP contribution in [0.25, 0.3) is 11.4 Å². The molecule has 2 heterocycles. The van der Waals surface area contributed by atoms with E-state index in [1.54, 1.807) is 24.7 Å². The van der Waals surface area contributed by atoms with E-state index >= 15 is 0 Å². The predicted octanol–water partition coefficient (Wildman–Crippen LogP) is 2.26. The first-order chi connectivity index (χ1) is 11.2. The molecule has 0 aliphatic heterocycles. The maximum atomic E-state index is 11.2. The fourth-order valence-corrected chi connectivity index (χ4v) is 2.01. The highest BCUT2D eigenvalue weighted by Gasteiger charge is 2.06. The van der Waals surface area contributed by atoms with Gasteiger partial charge in [-0.25, -0.2) is 9.97 Å². The Morgan fingerprint density at radius 1 is 1.26 bits per heavy atom. The first-order valence-electron chi connectivity index (χ1n) is 6.99. The molecule has 23 heavy (non-hydrogen) atoms. The highest BCUT2D eigenvalue weighted by molar-refractivity contribution is 5.69. The van der Waals surface area contributed by atoms with Crippen LogP contribution >= 0.6 is 0 Å². The maximum Gasteiger partial charge on any atom is 0.327 e. The summed E-state index contributed by atoms with van der Waals surface area (Å²) < 4.78 is 6.10. The van der Waals surface area contributed by atoms with E-state index in [-0.39, 0.29) is 12.5 Å². The third kappa shape index (κ3) is 3.70. The van der Waals surface area contributed by atoms with Crippen LogP contribution in [0.4, 0.5) is 11.5 Å². The molecule has 116 valence electrons. The summed E-state index contributed by atoms with van der Waals surface area (Å²) in [5, 5.41) is 7.23. The van der Waals surface area contributed by atoms with Crippen LogP contribution in [-0.4, -0.2) is 32.8 Å². The number of nitrogens with one attached hydrogen (secondary N) is 1. The van der Waals surface area contributed by atoms with Gasteiger partial charge in [0.1, 0.15) is 12.4 Å². The average Bonchev–Trinajstić information content (AvgIpc) is 3.02. The van der Waals surface area contributed by atoms with Crippen LogP contribution < -0.4 is 5.32 Å². The Morgan fingerprint density at radius 3 is 2.87 bits per heavy atom. The lowest BCUT2D eigenvalue weighted by molar-refractivity contribution is -0.141. The number of aromatic nitrogens is 4. The first kappa shape index (κ1) is 14.7. The lowest BCUT2D eigenvalue weighted by Crippen LogP contribution is -2.11. The van der Waals surface area contributed by atoms with Crippen LogP contribution in [0.3, 0.4) is 0 Å². The number of ether oxygens (including phenoxy) is 1. The van der Waals surface area contributed by atoms with Gasteiger partial charge in [-0.05, 0) is 6.07 Å². The van der Waals surface area contributed by atoms with Crippen molar-refractivity contribution in [2.45, 2.75) is 6.54 Å². The standard InChI is InChI=1S/C16H15N5O2/c1-23-15(22)11-21-10-13(9-18-21)19-14-7-8-17-16(20-14)12-5-3-2-4-6-12/h2-10H,11H2,1H3,(H,17,19,20). The fraction of sp³-hybridized carbons (Fsp3) is 0.125. The number of esters is 1. The van der Waals surface area contributed by atoms with Gasteiger partial charge in [0.15, 0.2) is 5.82 Å². The molecule has 0 saturated heterocycles. The van der Waals surface area contributed by atoms with Crippen molar-refractivity contribution >= 4 is 17.5 Å².